The molecule has 0 saturated heterocycles. The summed E-state index contributed by atoms with van der Waals surface area (Å²) in [5.41, 5.74) is 3.21. The first-order chi connectivity index (χ1) is 10.0. The fourth-order valence-corrected chi connectivity index (χ4v) is 3.06. The number of halogens is 3. The van der Waals surface area contributed by atoms with Crippen molar-refractivity contribution in [3.05, 3.63) is 68.4 Å². The Morgan fingerprint density at radius 3 is 2.71 bits per heavy atom. The van der Waals surface area contributed by atoms with Crippen molar-refractivity contribution in [3.63, 3.8) is 0 Å². The minimum atomic E-state index is -0.243. The van der Waals surface area contributed by atoms with Crippen molar-refractivity contribution in [1.82, 2.24) is 5.32 Å². The predicted octanol–water partition coefficient (Wildman–Crippen LogP) is 5.44. The highest BCUT2D eigenvalue weighted by Crippen LogP contribution is 2.29. The topological polar surface area (TPSA) is 12.0 Å². The van der Waals surface area contributed by atoms with Crippen LogP contribution in [0.1, 0.15) is 29.7 Å². The third-order valence-electron chi connectivity index (χ3n) is 3.47. The number of hydrogen-bond donors (Lipinski definition) is 1. The average Bonchev–Trinajstić information content (AvgIpc) is 2.45. The standard InChI is InChI=1S/C17H18BrClFN/c1-3-21-16(13-6-4-5-11(2)17(13)19)10-12-7-8-15(20)14(18)9-12/h4-9,16,21H,3,10H2,1-2H3. The van der Waals surface area contributed by atoms with Crippen molar-refractivity contribution < 1.29 is 4.39 Å². The van der Waals surface area contributed by atoms with Crippen LogP contribution in [0.4, 0.5) is 4.39 Å². The zero-order valence-corrected chi connectivity index (χ0v) is 14.4. The molecule has 0 aliphatic rings. The van der Waals surface area contributed by atoms with Crippen LogP contribution in [0.25, 0.3) is 0 Å². The highest BCUT2D eigenvalue weighted by Gasteiger charge is 2.16. The zero-order valence-electron chi connectivity index (χ0n) is 12.1. The molecule has 21 heavy (non-hydrogen) atoms. The van der Waals surface area contributed by atoms with Gasteiger partial charge >= 0.3 is 0 Å². The lowest BCUT2D eigenvalue weighted by Crippen LogP contribution is -2.23. The van der Waals surface area contributed by atoms with Gasteiger partial charge in [-0.3, -0.25) is 0 Å². The maximum Gasteiger partial charge on any atom is 0.137 e. The minimum Gasteiger partial charge on any atom is -0.310 e. The van der Waals surface area contributed by atoms with Gasteiger partial charge in [0.2, 0.25) is 0 Å². The number of rotatable bonds is 5. The van der Waals surface area contributed by atoms with Crippen LogP contribution < -0.4 is 5.32 Å². The summed E-state index contributed by atoms with van der Waals surface area (Å²) in [6.07, 6.45) is 0.760. The number of benzene rings is 2. The lowest BCUT2D eigenvalue weighted by Gasteiger charge is -2.21. The molecule has 0 amide bonds. The lowest BCUT2D eigenvalue weighted by molar-refractivity contribution is 0.548. The van der Waals surface area contributed by atoms with Gasteiger partial charge in [-0.25, -0.2) is 4.39 Å². The van der Waals surface area contributed by atoms with Gasteiger partial charge in [0.05, 0.1) is 4.47 Å². The van der Waals surface area contributed by atoms with Crippen LogP contribution in [0.15, 0.2) is 40.9 Å². The van der Waals surface area contributed by atoms with E-state index >= 15 is 0 Å². The highest BCUT2D eigenvalue weighted by molar-refractivity contribution is 9.10. The van der Waals surface area contributed by atoms with Crippen molar-refractivity contribution >= 4 is 27.5 Å². The molecule has 0 bridgehead atoms. The van der Waals surface area contributed by atoms with Gasteiger partial charge in [0.15, 0.2) is 0 Å². The molecule has 2 aromatic carbocycles. The Kier molecular flexibility index (Phi) is 5.80. The summed E-state index contributed by atoms with van der Waals surface area (Å²) in [6.45, 7) is 4.91. The molecule has 1 unspecified atom stereocenters. The van der Waals surface area contributed by atoms with Crippen molar-refractivity contribution in [3.8, 4) is 0 Å². The third-order valence-corrected chi connectivity index (χ3v) is 4.60. The summed E-state index contributed by atoms with van der Waals surface area (Å²) in [6, 6.07) is 11.3. The van der Waals surface area contributed by atoms with Gasteiger partial charge in [0, 0.05) is 11.1 Å². The van der Waals surface area contributed by atoms with E-state index in [2.05, 4.69) is 28.2 Å². The predicted molar refractivity (Wildman–Crippen MR) is 90.4 cm³/mol. The number of aryl methyl sites for hydroxylation is 1. The first kappa shape index (κ1) is 16.5. The Balaban J connectivity index is 2.30. The number of hydrogen-bond acceptors (Lipinski definition) is 1. The monoisotopic (exact) mass is 369 g/mol. The smallest absolute Gasteiger partial charge is 0.137 e. The van der Waals surface area contributed by atoms with Gasteiger partial charge in [-0.05, 0) is 64.6 Å². The SMILES string of the molecule is CCNC(Cc1ccc(F)c(Br)c1)c1cccc(C)c1Cl. The average molecular weight is 371 g/mol. The van der Waals surface area contributed by atoms with E-state index < -0.39 is 0 Å². The molecule has 0 heterocycles. The molecule has 1 N–H and O–H groups in total. The Labute approximate surface area is 138 Å². The molecule has 2 rings (SSSR count). The first-order valence-corrected chi connectivity index (χ1v) is 8.12. The van der Waals surface area contributed by atoms with Crippen LogP contribution in [0, 0.1) is 12.7 Å². The van der Waals surface area contributed by atoms with E-state index in [4.69, 9.17) is 11.6 Å². The van der Waals surface area contributed by atoms with Crippen molar-refractivity contribution in [2.75, 3.05) is 6.54 Å². The molecular weight excluding hydrogens is 353 g/mol. The molecule has 0 saturated carbocycles. The van der Waals surface area contributed by atoms with Crippen LogP contribution >= 0.6 is 27.5 Å². The van der Waals surface area contributed by atoms with Crippen LogP contribution in [0.5, 0.6) is 0 Å². The second-order valence-corrected chi connectivity index (χ2v) is 6.27. The molecule has 0 aliphatic heterocycles. The molecule has 0 aliphatic carbocycles. The van der Waals surface area contributed by atoms with Crippen LogP contribution in [-0.2, 0) is 6.42 Å². The van der Waals surface area contributed by atoms with E-state index in [0.29, 0.717) is 4.47 Å². The van der Waals surface area contributed by atoms with Gasteiger partial charge in [0.1, 0.15) is 5.82 Å². The molecule has 1 atom stereocenters. The van der Waals surface area contributed by atoms with Gasteiger partial charge < -0.3 is 5.32 Å². The van der Waals surface area contributed by atoms with Crippen LogP contribution in [-0.4, -0.2) is 6.54 Å². The molecule has 0 aromatic heterocycles. The Morgan fingerprint density at radius 1 is 1.29 bits per heavy atom. The van der Waals surface area contributed by atoms with E-state index in [9.17, 15) is 4.39 Å². The number of likely N-dealkylation sites (N-methyl/N-ethyl adjacent to an activating group) is 1. The van der Waals surface area contributed by atoms with E-state index in [0.717, 1.165) is 34.7 Å². The van der Waals surface area contributed by atoms with Crippen molar-refractivity contribution in [2.45, 2.75) is 26.3 Å². The van der Waals surface area contributed by atoms with Gasteiger partial charge in [-0.15, -0.1) is 0 Å². The molecule has 112 valence electrons. The van der Waals surface area contributed by atoms with Gasteiger partial charge in [-0.2, -0.15) is 0 Å². The quantitative estimate of drug-likeness (QED) is 0.738. The van der Waals surface area contributed by atoms with E-state index in [1.54, 1.807) is 0 Å². The molecule has 1 nitrogen and oxygen atoms in total. The first-order valence-electron chi connectivity index (χ1n) is 6.95. The summed E-state index contributed by atoms with van der Waals surface area (Å²) in [7, 11) is 0. The van der Waals surface area contributed by atoms with E-state index in [-0.39, 0.29) is 11.9 Å². The van der Waals surface area contributed by atoms with Crippen molar-refractivity contribution in [1.29, 1.82) is 0 Å². The Hall–Kier alpha value is -0.900. The Morgan fingerprint density at radius 2 is 2.05 bits per heavy atom. The normalized spacial score (nSPS) is 12.4. The maximum absolute atomic E-state index is 13.3. The zero-order chi connectivity index (χ0) is 15.4. The second kappa shape index (κ2) is 7.39. The summed E-state index contributed by atoms with van der Waals surface area (Å²) >= 11 is 9.67. The fourth-order valence-electron chi connectivity index (χ4n) is 2.38. The van der Waals surface area contributed by atoms with E-state index in [1.165, 1.54) is 6.07 Å². The molecule has 0 radical (unpaired) electrons. The summed E-state index contributed by atoms with van der Waals surface area (Å²) in [5.74, 6) is -0.243. The third kappa shape index (κ3) is 4.06. The van der Waals surface area contributed by atoms with Crippen molar-refractivity contribution in [2.24, 2.45) is 0 Å². The van der Waals surface area contributed by atoms with Crippen LogP contribution in [0.2, 0.25) is 5.02 Å². The summed E-state index contributed by atoms with van der Waals surface area (Å²) in [4.78, 5) is 0. The van der Waals surface area contributed by atoms with E-state index in [1.807, 2.05) is 37.3 Å². The minimum absolute atomic E-state index is 0.111. The largest absolute Gasteiger partial charge is 0.310 e. The lowest BCUT2D eigenvalue weighted by atomic mass is 9.97. The molecule has 0 spiro atoms. The summed E-state index contributed by atoms with van der Waals surface area (Å²) in [5, 5.41) is 4.25. The molecule has 0 fully saturated rings. The second-order valence-electron chi connectivity index (χ2n) is 5.04. The summed E-state index contributed by atoms with van der Waals surface area (Å²) < 4.78 is 13.8. The molecule has 2 aromatic rings. The van der Waals surface area contributed by atoms with Gasteiger partial charge in [-0.1, -0.05) is 42.8 Å². The maximum atomic E-state index is 13.3. The fraction of sp³-hybridized carbons (Fsp3) is 0.294. The Bertz CT molecular complexity index is 630. The molecule has 4 heteroatoms. The molecular formula is C17H18BrClFN. The van der Waals surface area contributed by atoms with Gasteiger partial charge in [0.25, 0.3) is 0 Å². The number of nitrogens with one attached hydrogen (secondary N) is 1. The highest BCUT2D eigenvalue weighted by atomic mass is 79.9. The van der Waals surface area contributed by atoms with Crippen LogP contribution in [0.3, 0.4) is 0 Å².